The minimum absolute atomic E-state index is 0.675. The molecule has 0 aliphatic heterocycles. The van der Waals surface area contributed by atoms with E-state index >= 15 is 0 Å². The van der Waals surface area contributed by atoms with E-state index in [2.05, 4.69) is 0 Å². The second-order valence-electron chi connectivity index (χ2n) is 3.70. The molecule has 0 atom stereocenters. The van der Waals surface area contributed by atoms with Crippen LogP contribution in [0.1, 0.15) is 6.42 Å². The van der Waals surface area contributed by atoms with E-state index in [1.165, 1.54) is 0 Å². The van der Waals surface area contributed by atoms with Crippen molar-refractivity contribution in [3.05, 3.63) is 42.7 Å². The fourth-order valence-corrected chi connectivity index (χ4v) is 1.55. The molecule has 0 saturated heterocycles. The molecule has 3 nitrogen and oxygen atoms in total. The lowest BCUT2D eigenvalue weighted by Crippen LogP contribution is -2.00. The fourth-order valence-electron chi connectivity index (χ4n) is 1.55. The van der Waals surface area contributed by atoms with Crippen LogP contribution in [0.4, 0.5) is 0 Å². The molecule has 2 aromatic rings. The van der Waals surface area contributed by atoms with Crippen LogP contribution >= 0.6 is 0 Å². The summed E-state index contributed by atoms with van der Waals surface area (Å²) >= 11 is 0. The highest BCUT2D eigenvalue weighted by atomic mass is 16.5. The van der Waals surface area contributed by atoms with Crippen molar-refractivity contribution >= 4 is 0 Å². The third-order valence-electron chi connectivity index (χ3n) is 2.42. The Hall–Kier alpha value is -1.74. The maximum absolute atomic E-state index is 5.57. The molecule has 90 valence electrons. The molecule has 1 aromatic heterocycles. The minimum Gasteiger partial charge on any atom is -0.494 e. The van der Waals surface area contributed by atoms with E-state index in [1.54, 1.807) is 13.4 Å². The molecule has 0 unspecified atom stereocenters. The van der Waals surface area contributed by atoms with Crippen molar-refractivity contribution in [2.24, 2.45) is 0 Å². The van der Waals surface area contributed by atoms with Crippen molar-refractivity contribution in [3.63, 3.8) is 0 Å². The maximum atomic E-state index is 5.57. The average molecular weight is 232 g/mol. The fraction of sp³-hybridized carbons (Fsp3) is 0.286. The molecular formula is C14H16O3. The van der Waals surface area contributed by atoms with Crippen LogP contribution < -0.4 is 4.74 Å². The maximum Gasteiger partial charge on any atom is 0.133 e. The van der Waals surface area contributed by atoms with Gasteiger partial charge in [-0.3, -0.25) is 0 Å². The molecule has 17 heavy (non-hydrogen) atoms. The monoisotopic (exact) mass is 232 g/mol. The molecule has 0 radical (unpaired) electrons. The second kappa shape index (κ2) is 6.11. The lowest BCUT2D eigenvalue weighted by molar-refractivity contribution is 0.172. The summed E-state index contributed by atoms with van der Waals surface area (Å²) in [4.78, 5) is 0. The quantitative estimate of drug-likeness (QED) is 0.716. The van der Waals surface area contributed by atoms with Gasteiger partial charge in [0.1, 0.15) is 11.5 Å². The Kier molecular flexibility index (Phi) is 4.22. The number of furan rings is 1. The van der Waals surface area contributed by atoms with E-state index in [0.717, 1.165) is 30.1 Å². The van der Waals surface area contributed by atoms with Crippen molar-refractivity contribution in [1.29, 1.82) is 0 Å². The van der Waals surface area contributed by atoms with Gasteiger partial charge in [0.15, 0.2) is 0 Å². The summed E-state index contributed by atoms with van der Waals surface area (Å²) in [5.41, 5.74) is 1.05. The van der Waals surface area contributed by atoms with E-state index in [4.69, 9.17) is 13.9 Å². The van der Waals surface area contributed by atoms with Crippen LogP contribution in [0.25, 0.3) is 11.3 Å². The normalized spacial score (nSPS) is 10.4. The van der Waals surface area contributed by atoms with Gasteiger partial charge >= 0.3 is 0 Å². The average Bonchev–Trinajstić information content (AvgIpc) is 2.89. The Morgan fingerprint density at radius 2 is 1.88 bits per heavy atom. The first-order valence-electron chi connectivity index (χ1n) is 5.66. The highest BCUT2D eigenvalue weighted by Gasteiger charge is 2.00. The number of rotatable bonds is 6. The van der Waals surface area contributed by atoms with Crippen LogP contribution in [0.3, 0.4) is 0 Å². The summed E-state index contributed by atoms with van der Waals surface area (Å²) in [6.45, 7) is 1.40. The standard InChI is InChI=1S/C14H16O3/c1-15-9-3-11-16-13-7-5-12(6-8-13)14-4-2-10-17-14/h2,4-8,10H,3,9,11H2,1H3. The summed E-state index contributed by atoms with van der Waals surface area (Å²) in [6.07, 6.45) is 2.57. The summed E-state index contributed by atoms with van der Waals surface area (Å²) < 4.78 is 15.8. The number of ether oxygens (including phenoxy) is 2. The SMILES string of the molecule is COCCCOc1ccc(-c2ccco2)cc1. The number of methoxy groups -OCH3 is 1. The molecule has 0 N–H and O–H groups in total. The van der Waals surface area contributed by atoms with Gasteiger partial charge in [-0.15, -0.1) is 0 Å². The molecule has 0 fully saturated rings. The van der Waals surface area contributed by atoms with Gasteiger partial charge in [0.25, 0.3) is 0 Å². The molecule has 0 aliphatic carbocycles. The first-order chi connectivity index (χ1) is 8.40. The van der Waals surface area contributed by atoms with Crippen LogP contribution in [-0.4, -0.2) is 20.3 Å². The van der Waals surface area contributed by atoms with Crippen molar-refractivity contribution in [2.45, 2.75) is 6.42 Å². The zero-order valence-corrected chi connectivity index (χ0v) is 9.89. The molecule has 0 amide bonds. The Balaban J connectivity index is 1.90. The topological polar surface area (TPSA) is 31.6 Å². The van der Waals surface area contributed by atoms with Crippen LogP contribution in [0.2, 0.25) is 0 Å². The van der Waals surface area contributed by atoms with Gasteiger partial charge in [0.2, 0.25) is 0 Å². The zero-order chi connectivity index (χ0) is 11.9. The summed E-state index contributed by atoms with van der Waals surface area (Å²) in [5, 5.41) is 0. The number of hydrogen-bond acceptors (Lipinski definition) is 3. The van der Waals surface area contributed by atoms with Gasteiger partial charge < -0.3 is 13.9 Å². The molecular weight excluding hydrogens is 216 g/mol. The lowest BCUT2D eigenvalue weighted by atomic mass is 10.2. The van der Waals surface area contributed by atoms with Gasteiger partial charge in [-0.25, -0.2) is 0 Å². The van der Waals surface area contributed by atoms with Crippen LogP contribution in [-0.2, 0) is 4.74 Å². The third-order valence-corrected chi connectivity index (χ3v) is 2.42. The predicted molar refractivity (Wildman–Crippen MR) is 66.1 cm³/mol. The van der Waals surface area contributed by atoms with Crippen LogP contribution in [0.5, 0.6) is 5.75 Å². The Morgan fingerprint density at radius 3 is 2.53 bits per heavy atom. The van der Waals surface area contributed by atoms with Crippen molar-refractivity contribution < 1.29 is 13.9 Å². The molecule has 3 heteroatoms. The Morgan fingerprint density at radius 1 is 1.06 bits per heavy atom. The number of hydrogen-bond donors (Lipinski definition) is 0. The third kappa shape index (κ3) is 3.36. The van der Waals surface area contributed by atoms with E-state index in [1.807, 2.05) is 36.4 Å². The summed E-state index contributed by atoms with van der Waals surface area (Å²) in [6, 6.07) is 11.7. The highest BCUT2D eigenvalue weighted by Crippen LogP contribution is 2.22. The number of benzene rings is 1. The Labute approximate surface area is 101 Å². The van der Waals surface area contributed by atoms with Gasteiger partial charge in [0, 0.05) is 25.7 Å². The lowest BCUT2D eigenvalue weighted by Gasteiger charge is -2.06. The summed E-state index contributed by atoms with van der Waals surface area (Å²) in [7, 11) is 1.69. The molecule has 1 aromatic carbocycles. The molecule has 0 aliphatic rings. The van der Waals surface area contributed by atoms with Crippen molar-refractivity contribution in [1.82, 2.24) is 0 Å². The predicted octanol–water partition coefficient (Wildman–Crippen LogP) is 3.36. The van der Waals surface area contributed by atoms with E-state index in [-0.39, 0.29) is 0 Å². The van der Waals surface area contributed by atoms with Crippen molar-refractivity contribution in [2.75, 3.05) is 20.3 Å². The highest BCUT2D eigenvalue weighted by molar-refractivity contribution is 5.58. The first kappa shape index (κ1) is 11.7. The minimum atomic E-state index is 0.675. The molecule has 0 saturated carbocycles. The largest absolute Gasteiger partial charge is 0.494 e. The molecule has 1 heterocycles. The second-order valence-corrected chi connectivity index (χ2v) is 3.70. The van der Waals surface area contributed by atoms with Gasteiger partial charge in [-0.05, 0) is 36.4 Å². The van der Waals surface area contributed by atoms with Crippen LogP contribution in [0, 0.1) is 0 Å². The van der Waals surface area contributed by atoms with Gasteiger partial charge in [-0.1, -0.05) is 0 Å². The van der Waals surface area contributed by atoms with Gasteiger partial charge in [0.05, 0.1) is 12.9 Å². The summed E-state index contributed by atoms with van der Waals surface area (Å²) in [5.74, 6) is 1.74. The first-order valence-corrected chi connectivity index (χ1v) is 5.66. The zero-order valence-electron chi connectivity index (χ0n) is 9.89. The Bertz CT molecular complexity index is 417. The molecule has 2 rings (SSSR count). The van der Waals surface area contributed by atoms with E-state index in [0.29, 0.717) is 6.61 Å². The van der Waals surface area contributed by atoms with E-state index in [9.17, 15) is 0 Å². The molecule has 0 spiro atoms. The van der Waals surface area contributed by atoms with E-state index < -0.39 is 0 Å². The smallest absolute Gasteiger partial charge is 0.133 e. The van der Waals surface area contributed by atoms with Crippen LogP contribution in [0.15, 0.2) is 47.1 Å². The molecule has 0 bridgehead atoms. The van der Waals surface area contributed by atoms with Gasteiger partial charge in [-0.2, -0.15) is 0 Å². The van der Waals surface area contributed by atoms with Crippen molar-refractivity contribution in [3.8, 4) is 17.1 Å².